The Morgan fingerprint density at radius 2 is 1.63 bits per heavy atom. The van der Waals surface area contributed by atoms with Crippen LogP contribution in [-0.4, -0.2) is 29.8 Å². The lowest BCUT2D eigenvalue weighted by Crippen LogP contribution is -2.24. The van der Waals surface area contributed by atoms with Gasteiger partial charge >= 0.3 is 11.9 Å². The molecule has 0 fully saturated rings. The Hall–Kier alpha value is -2.30. The number of benzene rings is 1. The molecule has 0 aromatic heterocycles. The van der Waals surface area contributed by atoms with Crippen molar-refractivity contribution in [3.8, 4) is 5.75 Å². The average molecular weight is 376 g/mol. The average Bonchev–Trinajstić information content (AvgIpc) is 2.68. The van der Waals surface area contributed by atoms with Crippen LogP contribution in [-0.2, 0) is 9.53 Å². The van der Waals surface area contributed by atoms with Crippen molar-refractivity contribution >= 4 is 11.9 Å². The van der Waals surface area contributed by atoms with Crippen LogP contribution in [0.1, 0.15) is 75.1 Å². The second kappa shape index (κ2) is 13.8. The number of carbonyl (C=O) groups excluding carboxylic acids is 1. The minimum Gasteiger partial charge on any atom is -0.490 e. The third-order valence-electron chi connectivity index (χ3n) is 4.37. The van der Waals surface area contributed by atoms with E-state index < -0.39 is 11.9 Å². The fraction of sp³-hybridized carbons (Fsp3) is 0.545. The van der Waals surface area contributed by atoms with Gasteiger partial charge in [0.05, 0.1) is 5.56 Å². The summed E-state index contributed by atoms with van der Waals surface area (Å²) in [4.78, 5) is 22.4. The van der Waals surface area contributed by atoms with E-state index >= 15 is 0 Å². The molecule has 1 atom stereocenters. The van der Waals surface area contributed by atoms with Gasteiger partial charge in [0.25, 0.3) is 0 Å². The number of carbonyl (C=O) groups is 2. The van der Waals surface area contributed by atoms with Crippen LogP contribution in [0.4, 0.5) is 0 Å². The van der Waals surface area contributed by atoms with Crippen molar-refractivity contribution < 1.29 is 24.2 Å². The molecule has 0 aliphatic rings. The number of aromatic carboxylic acids is 1. The van der Waals surface area contributed by atoms with Crippen LogP contribution in [0.2, 0.25) is 0 Å². The number of hydrogen-bond acceptors (Lipinski definition) is 4. The molecule has 150 valence electrons. The van der Waals surface area contributed by atoms with Gasteiger partial charge in [0.15, 0.2) is 0 Å². The standard InChI is InChI=1S/C22H32O5/c1-3-5-6-7-8-9-10-11-12-20(27-21(23)4-2)17-26-19-15-13-18(14-16-19)22(24)25/h4,13-16,20H,2-3,5-12,17H2,1H3,(H,24,25). The second-order valence-electron chi connectivity index (χ2n) is 6.67. The van der Waals surface area contributed by atoms with Crippen LogP contribution in [0.15, 0.2) is 36.9 Å². The number of ether oxygens (including phenoxy) is 2. The van der Waals surface area contributed by atoms with E-state index in [0.717, 1.165) is 25.3 Å². The van der Waals surface area contributed by atoms with Crippen molar-refractivity contribution in [1.29, 1.82) is 0 Å². The lowest BCUT2D eigenvalue weighted by Gasteiger charge is -2.18. The van der Waals surface area contributed by atoms with E-state index in [4.69, 9.17) is 14.6 Å². The number of rotatable bonds is 15. The van der Waals surface area contributed by atoms with Crippen molar-refractivity contribution in [2.45, 2.75) is 70.8 Å². The van der Waals surface area contributed by atoms with Gasteiger partial charge in [-0.3, -0.25) is 0 Å². The summed E-state index contributed by atoms with van der Waals surface area (Å²) in [6, 6.07) is 6.18. The van der Waals surface area contributed by atoms with E-state index in [9.17, 15) is 9.59 Å². The molecule has 0 radical (unpaired) electrons. The Balaban J connectivity index is 2.36. The molecule has 0 bridgehead atoms. The molecule has 0 aliphatic carbocycles. The van der Waals surface area contributed by atoms with Crippen molar-refractivity contribution in [1.82, 2.24) is 0 Å². The molecule has 0 saturated carbocycles. The minimum atomic E-state index is -0.978. The first-order valence-corrected chi connectivity index (χ1v) is 9.86. The Morgan fingerprint density at radius 3 is 2.19 bits per heavy atom. The number of hydrogen-bond donors (Lipinski definition) is 1. The quantitative estimate of drug-likeness (QED) is 0.252. The van der Waals surface area contributed by atoms with Crippen molar-refractivity contribution in [3.05, 3.63) is 42.5 Å². The maximum atomic E-state index is 11.5. The van der Waals surface area contributed by atoms with E-state index in [1.54, 1.807) is 12.1 Å². The first-order chi connectivity index (χ1) is 13.1. The highest BCUT2D eigenvalue weighted by Gasteiger charge is 2.14. The van der Waals surface area contributed by atoms with E-state index in [2.05, 4.69) is 13.5 Å². The third-order valence-corrected chi connectivity index (χ3v) is 4.37. The van der Waals surface area contributed by atoms with Gasteiger partial charge in [-0.05, 0) is 37.1 Å². The molecule has 1 rings (SSSR count). The molecule has 0 heterocycles. The molecule has 0 amide bonds. The lowest BCUT2D eigenvalue weighted by atomic mass is 10.1. The van der Waals surface area contributed by atoms with Crippen molar-refractivity contribution in [2.24, 2.45) is 0 Å². The number of carboxylic acids is 1. The molecular formula is C22H32O5. The monoisotopic (exact) mass is 376 g/mol. The molecule has 1 unspecified atom stereocenters. The predicted molar refractivity (Wildman–Crippen MR) is 106 cm³/mol. The van der Waals surface area contributed by atoms with Crippen LogP contribution < -0.4 is 4.74 Å². The number of esters is 1. The van der Waals surface area contributed by atoms with Crippen LogP contribution in [0.3, 0.4) is 0 Å². The van der Waals surface area contributed by atoms with E-state index in [1.165, 1.54) is 50.7 Å². The van der Waals surface area contributed by atoms with Crippen molar-refractivity contribution in [2.75, 3.05) is 6.61 Å². The van der Waals surface area contributed by atoms with Gasteiger partial charge in [0.2, 0.25) is 0 Å². The Bertz CT molecular complexity index is 565. The molecule has 0 saturated heterocycles. The SMILES string of the molecule is C=CC(=O)OC(CCCCCCCCCC)COc1ccc(C(=O)O)cc1. The van der Waals surface area contributed by atoms with Crippen molar-refractivity contribution in [3.63, 3.8) is 0 Å². The zero-order valence-corrected chi connectivity index (χ0v) is 16.3. The summed E-state index contributed by atoms with van der Waals surface area (Å²) in [6.07, 6.45) is 11.3. The molecule has 27 heavy (non-hydrogen) atoms. The van der Waals surface area contributed by atoms with Gasteiger partial charge < -0.3 is 14.6 Å². The van der Waals surface area contributed by atoms with Crippen LogP contribution in [0.5, 0.6) is 5.75 Å². The van der Waals surface area contributed by atoms with Gasteiger partial charge in [0.1, 0.15) is 18.5 Å². The second-order valence-corrected chi connectivity index (χ2v) is 6.67. The van der Waals surface area contributed by atoms with Gasteiger partial charge in [-0.15, -0.1) is 0 Å². The fourth-order valence-corrected chi connectivity index (χ4v) is 2.78. The third kappa shape index (κ3) is 10.4. The molecule has 1 aromatic carbocycles. The zero-order valence-electron chi connectivity index (χ0n) is 16.3. The van der Waals surface area contributed by atoms with E-state index in [-0.39, 0.29) is 18.3 Å². The zero-order chi connectivity index (χ0) is 19.9. The number of carboxylic acid groups (broad SMARTS) is 1. The molecule has 1 N–H and O–H groups in total. The maximum Gasteiger partial charge on any atom is 0.335 e. The minimum absolute atomic E-state index is 0.205. The maximum absolute atomic E-state index is 11.5. The summed E-state index contributed by atoms with van der Waals surface area (Å²) in [5.41, 5.74) is 0.205. The van der Waals surface area contributed by atoms with Crippen LogP contribution >= 0.6 is 0 Å². The summed E-state index contributed by atoms with van der Waals surface area (Å²) in [5.74, 6) is -0.881. The Labute approximate surface area is 162 Å². The summed E-state index contributed by atoms with van der Waals surface area (Å²) >= 11 is 0. The normalized spacial score (nSPS) is 11.6. The first kappa shape index (κ1) is 22.7. The van der Waals surface area contributed by atoms with Crippen LogP contribution in [0, 0.1) is 0 Å². The highest BCUT2D eigenvalue weighted by Crippen LogP contribution is 2.16. The largest absolute Gasteiger partial charge is 0.490 e. The lowest BCUT2D eigenvalue weighted by molar-refractivity contribution is -0.144. The molecule has 0 spiro atoms. The summed E-state index contributed by atoms with van der Waals surface area (Å²) in [5, 5.41) is 8.91. The summed E-state index contributed by atoms with van der Waals surface area (Å²) < 4.78 is 11.0. The fourth-order valence-electron chi connectivity index (χ4n) is 2.78. The number of unbranched alkanes of at least 4 members (excludes halogenated alkanes) is 7. The molecular weight excluding hydrogens is 344 g/mol. The smallest absolute Gasteiger partial charge is 0.335 e. The molecule has 1 aromatic rings. The molecule has 5 heteroatoms. The Morgan fingerprint density at radius 1 is 1.04 bits per heavy atom. The van der Waals surface area contributed by atoms with Crippen LogP contribution in [0.25, 0.3) is 0 Å². The summed E-state index contributed by atoms with van der Waals surface area (Å²) in [7, 11) is 0. The van der Waals surface area contributed by atoms with Gasteiger partial charge in [0, 0.05) is 6.08 Å². The first-order valence-electron chi connectivity index (χ1n) is 9.86. The molecule has 5 nitrogen and oxygen atoms in total. The van der Waals surface area contributed by atoms with Gasteiger partial charge in [-0.2, -0.15) is 0 Å². The summed E-state index contributed by atoms with van der Waals surface area (Å²) in [6.45, 7) is 5.89. The van der Waals surface area contributed by atoms with Gasteiger partial charge in [-0.25, -0.2) is 9.59 Å². The Kier molecular flexibility index (Phi) is 11.7. The topological polar surface area (TPSA) is 72.8 Å². The van der Waals surface area contributed by atoms with Gasteiger partial charge in [-0.1, -0.05) is 58.4 Å². The van der Waals surface area contributed by atoms with E-state index in [1.807, 2.05) is 0 Å². The highest BCUT2D eigenvalue weighted by atomic mass is 16.6. The predicted octanol–water partition coefficient (Wildman–Crippen LogP) is 5.39. The van der Waals surface area contributed by atoms with E-state index in [0.29, 0.717) is 5.75 Å². The highest BCUT2D eigenvalue weighted by molar-refractivity contribution is 5.87. The molecule has 0 aliphatic heterocycles.